The molecule has 16 heavy (non-hydrogen) atoms. The zero-order chi connectivity index (χ0) is 12.2. The smallest absolute Gasteiger partial charge is 0.116 e. The molecule has 0 amide bonds. The van der Waals surface area contributed by atoms with Gasteiger partial charge in [-0.05, 0) is 32.7 Å². The molecule has 1 rings (SSSR count). The fourth-order valence-electron chi connectivity index (χ4n) is 2.06. The highest BCUT2D eigenvalue weighted by atomic mass is 15.2. The molecular weight excluding hydrogens is 198 g/mol. The van der Waals surface area contributed by atoms with Crippen LogP contribution in [0.25, 0.3) is 0 Å². The molecule has 0 bridgehead atoms. The van der Waals surface area contributed by atoms with Crippen LogP contribution in [-0.2, 0) is 0 Å². The van der Waals surface area contributed by atoms with Crippen molar-refractivity contribution in [2.24, 2.45) is 5.92 Å². The summed E-state index contributed by atoms with van der Waals surface area (Å²) in [7, 11) is 2.11. The van der Waals surface area contributed by atoms with Crippen molar-refractivity contribution in [3.8, 4) is 6.07 Å². The van der Waals surface area contributed by atoms with Gasteiger partial charge in [0.15, 0.2) is 0 Å². The molecule has 0 aliphatic heterocycles. The van der Waals surface area contributed by atoms with Gasteiger partial charge in [-0.2, -0.15) is 5.26 Å². The number of hydrogen-bond donors (Lipinski definition) is 1. The van der Waals surface area contributed by atoms with Crippen molar-refractivity contribution in [2.75, 3.05) is 20.1 Å². The van der Waals surface area contributed by atoms with Crippen molar-refractivity contribution in [2.45, 2.75) is 51.6 Å². The summed E-state index contributed by atoms with van der Waals surface area (Å²) in [5.41, 5.74) is -0.386. The van der Waals surface area contributed by atoms with Gasteiger partial charge in [0.1, 0.15) is 5.54 Å². The van der Waals surface area contributed by atoms with Crippen molar-refractivity contribution in [3.05, 3.63) is 0 Å². The Morgan fingerprint density at radius 3 is 2.62 bits per heavy atom. The topological polar surface area (TPSA) is 39.1 Å². The minimum atomic E-state index is -0.386. The third kappa shape index (κ3) is 4.51. The lowest BCUT2D eigenvalue weighted by Crippen LogP contribution is -2.51. The van der Waals surface area contributed by atoms with Crippen LogP contribution in [0.5, 0.6) is 0 Å². The Morgan fingerprint density at radius 2 is 2.19 bits per heavy atom. The molecular formula is C13H25N3. The number of rotatable bonds is 7. The van der Waals surface area contributed by atoms with Crippen LogP contribution in [0.4, 0.5) is 0 Å². The summed E-state index contributed by atoms with van der Waals surface area (Å²) in [6.07, 6.45) is 3.66. The second-order valence-corrected chi connectivity index (χ2v) is 5.57. The maximum absolute atomic E-state index is 9.26. The molecule has 0 heterocycles. The maximum Gasteiger partial charge on any atom is 0.116 e. The van der Waals surface area contributed by atoms with E-state index in [2.05, 4.69) is 37.2 Å². The highest BCUT2D eigenvalue weighted by Crippen LogP contribution is 2.22. The number of nitriles is 1. The molecule has 1 aliphatic rings. The van der Waals surface area contributed by atoms with E-state index in [1.165, 1.54) is 19.3 Å². The van der Waals surface area contributed by atoms with Crippen LogP contribution in [0.2, 0.25) is 0 Å². The lowest BCUT2D eigenvalue weighted by Gasteiger charge is -2.30. The molecule has 0 spiro atoms. The van der Waals surface area contributed by atoms with Crippen molar-refractivity contribution >= 4 is 0 Å². The molecule has 0 radical (unpaired) electrons. The molecule has 1 saturated carbocycles. The zero-order valence-electron chi connectivity index (χ0n) is 11.1. The highest BCUT2D eigenvalue weighted by molar-refractivity contribution is 5.08. The first-order valence-corrected chi connectivity index (χ1v) is 6.36. The Morgan fingerprint density at radius 1 is 1.56 bits per heavy atom. The normalized spacial score (nSPS) is 21.5. The maximum atomic E-state index is 9.26. The van der Waals surface area contributed by atoms with E-state index in [0.717, 1.165) is 13.1 Å². The molecule has 2 unspecified atom stereocenters. The van der Waals surface area contributed by atoms with Crippen LogP contribution in [-0.4, -0.2) is 36.6 Å². The minimum absolute atomic E-state index is 0.386. The van der Waals surface area contributed by atoms with Gasteiger partial charge in [-0.15, -0.1) is 0 Å². The van der Waals surface area contributed by atoms with E-state index in [1.807, 2.05) is 6.92 Å². The molecule has 1 aliphatic carbocycles. The van der Waals surface area contributed by atoms with Crippen molar-refractivity contribution < 1.29 is 0 Å². The molecule has 92 valence electrons. The van der Waals surface area contributed by atoms with Gasteiger partial charge < -0.3 is 4.90 Å². The standard InChI is InChI=1S/C13H25N3/c1-5-11(2)8-16(4)10-13(3,9-14)15-12-6-7-12/h11-12,15H,5-8,10H2,1-4H3. The van der Waals surface area contributed by atoms with E-state index < -0.39 is 0 Å². The summed E-state index contributed by atoms with van der Waals surface area (Å²) >= 11 is 0. The highest BCUT2D eigenvalue weighted by Gasteiger charge is 2.33. The number of hydrogen-bond acceptors (Lipinski definition) is 3. The molecule has 3 nitrogen and oxygen atoms in total. The van der Waals surface area contributed by atoms with Gasteiger partial charge in [0, 0.05) is 19.1 Å². The molecule has 2 atom stereocenters. The Hall–Kier alpha value is -0.590. The van der Waals surface area contributed by atoms with Crippen LogP contribution >= 0.6 is 0 Å². The summed E-state index contributed by atoms with van der Waals surface area (Å²) in [4.78, 5) is 2.27. The van der Waals surface area contributed by atoms with E-state index in [0.29, 0.717) is 12.0 Å². The van der Waals surface area contributed by atoms with Gasteiger partial charge in [-0.3, -0.25) is 5.32 Å². The van der Waals surface area contributed by atoms with Crippen molar-refractivity contribution in [1.82, 2.24) is 10.2 Å². The van der Waals surface area contributed by atoms with Crippen LogP contribution in [0.3, 0.4) is 0 Å². The van der Waals surface area contributed by atoms with E-state index in [-0.39, 0.29) is 5.54 Å². The van der Waals surface area contributed by atoms with E-state index in [4.69, 9.17) is 0 Å². The SMILES string of the molecule is CCC(C)CN(C)CC(C)(C#N)NC1CC1. The molecule has 1 N–H and O–H groups in total. The van der Waals surface area contributed by atoms with Crippen LogP contribution in [0, 0.1) is 17.2 Å². The van der Waals surface area contributed by atoms with Crippen molar-refractivity contribution in [3.63, 3.8) is 0 Å². The molecule has 0 aromatic carbocycles. The van der Waals surface area contributed by atoms with Crippen molar-refractivity contribution in [1.29, 1.82) is 5.26 Å². The summed E-state index contributed by atoms with van der Waals surface area (Å²) in [6.45, 7) is 8.36. The lowest BCUT2D eigenvalue weighted by atomic mass is 10.0. The van der Waals surface area contributed by atoms with Gasteiger partial charge in [-0.1, -0.05) is 20.3 Å². The lowest BCUT2D eigenvalue weighted by molar-refractivity contribution is 0.229. The second kappa shape index (κ2) is 5.65. The van der Waals surface area contributed by atoms with Crippen LogP contribution in [0.15, 0.2) is 0 Å². The van der Waals surface area contributed by atoms with Gasteiger partial charge >= 0.3 is 0 Å². The van der Waals surface area contributed by atoms with E-state index in [1.54, 1.807) is 0 Å². The fraction of sp³-hybridized carbons (Fsp3) is 0.923. The predicted molar refractivity (Wildman–Crippen MR) is 67.1 cm³/mol. The number of nitrogens with zero attached hydrogens (tertiary/aromatic N) is 2. The van der Waals surface area contributed by atoms with Crippen LogP contribution < -0.4 is 5.32 Å². The van der Waals surface area contributed by atoms with Gasteiger partial charge in [0.25, 0.3) is 0 Å². The molecule has 3 heteroatoms. The van der Waals surface area contributed by atoms with E-state index >= 15 is 0 Å². The summed E-state index contributed by atoms with van der Waals surface area (Å²) < 4.78 is 0. The molecule has 0 saturated heterocycles. The quantitative estimate of drug-likeness (QED) is 0.717. The minimum Gasteiger partial charge on any atom is -0.303 e. The average Bonchev–Trinajstić information content (AvgIpc) is 3.00. The first-order valence-electron chi connectivity index (χ1n) is 6.36. The molecule has 1 fully saturated rings. The zero-order valence-corrected chi connectivity index (χ0v) is 11.1. The Labute approximate surface area is 99.8 Å². The predicted octanol–water partition coefficient (Wildman–Crippen LogP) is 2.00. The third-order valence-corrected chi connectivity index (χ3v) is 3.25. The largest absolute Gasteiger partial charge is 0.303 e. The summed E-state index contributed by atoms with van der Waals surface area (Å²) in [5.74, 6) is 0.703. The van der Waals surface area contributed by atoms with Gasteiger partial charge in [0.05, 0.1) is 6.07 Å². The first kappa shape index (κ1) is 13.5. The number of nitrogens with one attached hydrogen (secondary N) is 1. The average molecular weight is 223 g/mol. The van der Waals surface area contributed by atoms with Crippen LogP contribution in [0.1, 0.15) is 40.0 Å². The summed E-state index contributed by atoms with van der Waals surface area (Å²) in [5, 5.41) is 12.7. The van der Waals surface area contributed by atoms with Gasteiger partial charge in [0.2, 0.25) is 0 Å². The Kier molecular flexibility index (Phi) is 4.76. The number of likely N-dealkylation sites (N-methyl/N-ethyl adjacent to an activating group) is 1. The summed E-state index contributed by atoms with van der Waals surface area (Å²) in [6, 6.07) is 3.00. The molecule has 0 aromatic rings. The fourth-order valence-corrected chi connectivity index (χ4v) is 2.06. The second-order valence-electron chi connectivity index (χ2n) is 5.57. The first-order chi connectivity index (χ1) is 7.49. The Bertz CT molecular complexity index is 254. The third-order valence-electron chi connectivity index (χ3n) is 3.25. The van der Waals surface area contributed by atoms with Gasteiger partial charge in [-0.25, -0.2) is 0 Å². The Balaban J connectivity index is 2.39. The van der Waals surface area contributed by atoms with E-state index in [9.17, 15) is 5.26 Å². The molecule has 0 aromatic heterocycles. The monoisotopic (exact) mass is 223 g/mol.